The Morgan fingerprint density at radius 1 is 1.22 bits per heavy atom. The lowest BCUT2D eigenvalue weighted by atomic mass is 10.1. The Labute approximate surface area is 107 Å². The minimum absolute atomic E-state index is 0.0930. The van der Waals surface area contributed by atoms with Crippen LogP contribution in [0.2, 0.25) is 0 Å². The number of phenols is 1. The van der Waals surface area contributed by atoms with Crippen LogP contribution in [-0.2, 0) is 0 Å². The van der Waals surface area contributed by atoms with Gasteiger partial charge in [-0.1, -0.05) is 12.1 Å². The van der Waals surface area contributed by atoms with E-state index in [-0.39, 0.29) is 11.6 Å². The van der Waals surface area contributed by atoms with Gasteiger partial charge in [-0.25, -0.2) is 9.37 Å². The number of aryl methyl sites for hydroxylation is 1. The van der Waals surface area contributed by atoms with E-state index in [2.05, 4.69) is 4.98 Å². The van der Waals surface area contributed by atoms with Gasteiger partial charge in [0.2, 0.25) is 0 Å². The first kappa shape index (κ1) is 11.2. The highest BCUT2D eigenvalue weighted by molar-refractivity contribution is 7.21. The molecule has 0 amide bonds. The van der Waals surface area contributed by atoms with E-state index in [1.54, 1.807) is 6.92 Å². The summed E-state index contributed by atoms with van der Waals surface area (Å²) in [7, 11) is 0. The van der Waals surface area contributed by atoms with Gasteiger partial charge in [0.05, 0.1) is 15.8 Å². The fourth-order valence-electron chi connectivity index (χ4n) is 1.89. The standard InChI is InChI=1S/C14H10FNOS/c1-8-6-9(15)7-10(13(8)17)14-16-11-4-2-3-5-12(11)18-14/h2-7,17H,1H3. The SMILES string of the molecule is Cc1cc(F)cc(-c2nc3ccccc3s2)c1O. The molecule has 3 aromatic rings. The van der Waals surface area contributed by atoms with E-state index < -0.39 is 0 Å². The monoisotopic (exact) mass is 259 g/mol. The van der Waals surface area contributed by atoms with Crippen LogP contribution in [0.5, 0.6) is 5.75 Å². The first-order chi connectivity index (χ1) is 8.65. The molecule has 0 aliphatic rings. The van der Waals surface area contributed by atoms with Gasteiger partial charge < -0.3 is 5.11 Å². The maximum absolute atomic E-state index is 13.4. The summed E-state index contributed by atoms with van der Waals surface area (Å²) in [6.07, 6.45) is 0. The minimum Gasteiger partial charge on any atom is -0.507 e. The average Bonchev–Trinajstić information content (AvgIpc) is 2.77. The molecule has 0 unspecified atom stereocenters. The summed E-state index contributed by atoms with van der Waals surface area (Å²) in [5, 5.41) is 10.6. The molecule has 18 heavy (non-hydrogen) atoms. The Morgan fingerprint density at radius 3 is 2.78 bits per heavy atom. The van der Waals surface area contributed by atoms with Gasteiger partial charge in [-0.3, -0.25) is 0 Å². The first-order valence-corrected chi connectivity index (χ1v) is 6.32. The van der Waals surface area contributed by atoms with Crippen molar-refractivity contribution in [3.63, 3.8) is 0 Å². The smallest absolute Gasteiger partial charge is 0.128 e. The second-order valence-electron chi connectivity index (χ2n) is 4.11. The molecule has 3 rings (SSSR count). The van der Waals surface area contributed by atoms with Crippen molar-refractivity contribution in [2.75, 3.05) is 0 Å². The van der Waals surface area contributed by atoms with Gasteiger partial charge in [-0.05, 0) is 36.8 Å². The van der Waals surface area contributed by atoms with Crippen molar-refractivity contribution in [2.45, 2.75) is 6.92 Å². The van der Waals surface area contributed by atoms with E-state index >= 15 is 0 Å². The van der Waals surface area contributed by atoms with Crippen LogP contribution in [0.1, 0.15) is 5.56 Å². The third kappa shape index (κ3) is 1.75. The molecule has 90 valence electrons. The molecule has 4 heteroatoms. The number of halogens is 1. The van der Waals surface area contributed by atoms with Crippen molar-refractivity contribution in [3.8, 4) is 16.3 Å². The quantitative estimate of drug-likeness (QED) is 0.713. The van der Waals surface area contributed by atoms with Crippen molar-refractivity contribution in [1.82, 2.24) is 4.98 Å². The maximum atomic E-state index is 13.4. The number of nitrogens with zero attached hydrogens (tertiary/aromatic N) is 1. The fourth-order valence-corrected chi connectivity index (χ4v) is 2.87. The molecular weight excluding hydrogens is 249 g/mol. The van der Waals surface area contributed by atoms with Crippen molar-refractivity contribution >= 4 is 21.6 Å². The number of rotatable bonds is 1. The summed E-state index contributed by atoms with van der Waals surface area (Å²) in [6, 6.07) is 10.3. The number of hydrogen-bond donors (Lipinski definition) is 1. The van der Waals surface area contributed by atoms with Crippen LogP contribution < -0.4 is 0 Å². The van der Waals surface area contributed by atoms with E-state index in [9.17, 15) is 9.50 Å². The highest BCUT2D eigenvalue weighted by atomic mass is 32.1. The predicted octanol–water partition coefficient (Wildman–Crippen LogP) is 4.12. The minimum atomic E-state index is -0.362. The van der Waals surface area contributed by atoms with Crippen LogP contribution in [0.4, 0.5) is 4.39 Å². The molecule has 1 heterocycles. The second kappa shape index (κ2) is 4.07. The molecule has 2 aromatic carbocycles. The first-order valence-electron chi connectivity index (χ1n) is 5.50. The van der Waals surface area contributed by atoms with E-state index in [4.69, 9.17) is 0 Å². The zero-order valence-corrected chi connectivity index (χ0v) is 10.5. The molecule has 0 bridgehead atoms. The van der Waals surface area contributed by atoms with Gasteiger partial charge in [0.15, 0.2) is 0 Å². The topological polar surface area (TPSA) is 33.1 Å². The van der Waals surface area contributed by atoms with Crippen LogP contribution in [-0.4, -0.2) is 10.1 Å². The molecule has 1 N–H and O–H groups in total. The number of para-hydroxylation sites is 1. The van der Waals surface area contributed by atoms with Gasteiger partial charge in [-0.2, -0.15) is 0 Å². The van der Waals surface area contributed by atoms with Crippen LogP contribution >= 0.6 is 11.3 Å². The molecule has 1 aromatic heterocycles. The lowest BCUT2D eigenvalue weighted by Gasteiger charge is -2.04. The van der Waals surface area contributed by atoms with Gasteiger partial charge in [0.25, 0.3) is 0 Å². The molecule has 0 saturated carbocycles. The molecule has 0 saturated heterocycles. The van der Waals surface area contributed by atoms with E-state index in [0.29, 0.717) is 16.1 Å². The van der Waals surface area contributed by atoms with Gasteiger partial charge in [0, 0.05) is 0 Å². The fraction of sp³-hybridized carbons (Fsp3) is 0.0714. The van der Waals surface area contributed by atoms with Crippen LogP contribution in [0.3, 0.4) is 0 Å². The number of aromatic nitrogens is 1. The molecule has 2 nitrogen and oxygen atoms in total. The maximum Gasteiger partial charge on any atom is 0.128 e. The number of hydrogen-bond acceptors (Lipinski definition) is 3. The Kier molecular flexibility index (Phi) is 2.52. The summed E-state index contributed by atoms with van der Waals surface area (Å²) in [4.78, 5) is 4.42. The number of aromatic hydroxyl groups is 1. The molecule has 0 atom stereocenters. The Morgan fingerprint density at radius 2 is 2.00 bits per heavy atom. The summed E-state index contributed by atoms with van der Waals surface area (Å²) in [5.41, 5.74) is 1.83. The van der Waals surface area contributed by atoms with Crippen LogP contribution in [0.25, 0.3) is 20.8 Å². The largest absolute Gasteiger partial charge is 0.507 e. The van der Waals surface area contributed by atoms with Gasteiger partial charge in [-0.15, -0.1) is 11.3 Å². The van der Waals surface area contributed by atoms with Crippen molar-refractivity contribution in [1.29, 1.82) is 0 Å². The highest BCUT2D eigenvalue weighted by Gasteiger charge is 2.13. The molecule has 0 spiro atoms. The average molecular weight is 259 g/mol. The van der Waals surface area contributed by atoms with Crippen molar-refractivity contribution in [2.24, 2.45) is 0 Å². The van der Waals surface area contributed by atoms with Crippen LogP contribution in [0, 0.1) is 12.7 Å². The predicted molar refractivity (Wildman–Crippen MR) is 71.4 cm³/mol. The second-order valence-corrected chi connectivity index (χ2v) is 5.14. The normalized spacial score (nSPS) is 11.0. The third-order valence-corrected chi connectivity index (χ3v) is 3.86. The lowest BCUT2D eigenvalue weighted by molar-refractivity contribution is 0.471. The number of phenolic OH excluding ortho intramolecular Hbond substituents is 1. The summed E-state index contributed by atoms with van der Waals surface area (Å²) >= 11 is 1.44. The Bertz CT molecular complexity index is 703. The lowest BCUT2D eigenvalue weighted by Crippen LogP contribution is -1.85. The van der Waals surface area contributed by atoms with Crippen molar-refractivity contribution < 1.29 is 9.50 Å². The molecule has 0 radical (unpaired) electrons. The Balaban J connectivity index is 2.26. The summed E-state index contributed by atoms with van der Waals surface area (Å²) in [5.74, 6) is -0.269. The van der Waals surface area contributed by atoms with E-state index in [0.717, 1.165) is 10.2 Å². The summed E-state index contributed by atoms with van der Waals surface area (Å²) < 4.78 is 14.4. The Hall–Kier alpha value is -1.94. The number of fused-ring (bicyclic) bond motifs is 1. The highest BCUT2D eigenvalue weighted by Crippen LogP contribution is 2.37. The number of thiazole rings is 1. The number of benzene rings is 2. The zero-order chi connectivity index (χ0) is 12.7. The van der Waals surface area contributed by atoms with Crippen molar-refractivity contribution in [3.05, 3.63) is 47.8 Å². The molecule has 0 aliphatic heterocycles. The summed E-state index contributed by atoms with van der Waals surface area (Å²) in [6.45, 7) is 1.68. The molecular formula is C14H10FNOS. The van der Waals surface area contributed by atoms with E-state index in [1.807, 2.05) is 24.3 Å². The van der Waals surface area contributed by atoms with E-state index in [1.165, 1.54) is 23.5 Å². The van der Waals surface area contributed by atoms with Crippen LogP contribution in [0.15, 0.2) is 36.4 Å². The van der Waals surface area contributed by atoms with Gasteiger partial charge >= 0.3 is 0 Å². The third-order valence-electron chi connectivity index (χ3n) is 2.79. The molecule has 0 fully saturated rings. The van der Waals surface area contributed by atoms with Gasteiger partial charge in [0.1, 0.15) is 16.6 Å². The zero-order valence-electron chi connectivity index (χ0n) is 9.64. The molecule has 0 aliphatic carbocycles.